The van der Waals surface area contributed by atoms with Gasteiger partial charge in [-0.05, 0) is 53.8 Å². The van der Waals surface area contributed by atoms with Crippen LogP contribution in [0.4, 0.5) is 0 Å². The smallest absolute Gasteiger partial charge is 0.179 e. The Bertz CT molecular complexity index is 1040. The van der Waals surface area contributed by atoms with Crippen molar-refractivity contribution in [2.75, 3.05) is 0 Å². The molecule has 1 N–H and O–H groups in total. The normalized spacial score (nSPS) is 12.3. The van der Waals surface area contributed by atoms with Crippen LogP contribution in [0.2, 0.25) is 0 Å². The minimum Gasteiger partial charge on any atom is -0.507 e. The molecule has 1 aromatic carbocycles. The summed E-state index contributed by atoms with van der Waals surface area (Å²) in [5.41, 5.74) is 1.69. The maximum Gasteiger partial charge on any atom is 0.179 e. The van der Waals surface area contributed by atoms with Gasteiger partial charge in [-0.3, -0.25) is 0 Å². The number of fused-ring (bicyclic) bond motifs is 3. The van der Waals surface area contributed by atoms with Crippen LogP contribution in [0.1, 0.15) is 11.8 Å². The van der Waals surface area contributed by atoms with E-state index in [1.807, 2.05) is 24.3 Å². The molecule has 0 aliphatic heterocycles. The van der Waals surface area contributed by atoms with E-state index in [-0.39, 0.29) is 5.76 Å². The summed E-state index contributed by atoms with van der Waals surface area (Å²) < 4.78 is 2.60. The zero-order chi connectivity index (χ0) is 15.8. The van der Waals surface area contributed by atoms with E-state index in [1.54, 1.807) is 35.5 Å². The van der Waals surface area contributed by atoms with Crippen molar-refractivity contribution in [1.29, 1.82) is 0 Å². The molecule has 4 aromatic rings. The zero-order valence-electron chi connectivity index (χ0n) is 12.0. The Morgan fingerprint density at radius 1 is 1.30 bits per heavy atom. The van der Waals surface area contributed by atoms with Crippen molar-refractivity contribution in [1.82, 2.24) is 25.0 Å². The number of allylic oxidation sites excluding steroid dienone is 1. The van der Waals surface area contributed by atoms with Gasteiger partial charge in [-0.2, -0.15) is 4.52 Å². The molecule has 8 heteroatoms. The first-order chi connectivity index (χ1) is 11.2. The van der Waals surface area contributed by atoms with E-state index in [0.717, 1.165) is 30.7 Å². The molecule has 3 heterocycles. The van der Waals surface area contributed by atoms with Crippen LogP contribution < -0.4 is 0 Å². The number of benzene rings is 1. The van der Waals surface area contributed by atoms with Crippen LogP contribution in [0.25, 0.3) is 22.3 Å². The second-order valence-corrected chi connectivity index (χ2v) is 7.12. The molecule has 0 aliphatic carbocycles. The summed E-state index contributed by atoms with van der Waals surface area (Å²) in [4.78, 5) is 6.19. The van der Waals surface area contributed by atoms with Gasteiger partial charge in [0.25, 0.3) is 0 Å². The molecule has 0 radical (unpaired) electrons. The third-order valence-corrected chi connectivity index (χ3v) is 5.43. The fourth-order valence-electron chi connectivity index (χ4n) is 2.22. The first-order valence-corrected chi connectivity index (χ1v) is 8.48. The van der Waals surface area contributed by atoms with Crippen LogP contribution in [0, 0.1) is 0 Å². The Hall–Kier alpha value is -2.45. The fraction of sp³-hybridized carbons (Fsp3) is 0.0667. The lowest BCUT2D eigenvalue weighted by Gasteiger charge is -2.02. The van der Waals surface area contributed by atoms with E-state index in [2.05, 4.69) is 26.6 Å². The molecule has 0 saturated heterocycles. The van der Waals surface area contributed by atoms with Gasteiger partial charge < -0.3 is 5.11 Å². The van der Waals surface area contributed by atoms with Gasteiger partial charge in [0.2, 0.25) is 0 Å². The van der Waals surface area contributed by atoms with Crippen LogP contribution in [0.5, 0.6) is 0 Å². The maximum absolute atomic E-state index is 9.73. The van der Waals surface area contributed by atoms with Gasteiger partial charge in [0.1, 0.15) is 5.76 Å². The highest BCUT2D eigenvalue weighted by Crippen LogP contribution is 2.34. The zero-order valence-corrected chi connectivity index (χ0v) is 13.7. The number of aromatic nitrogens is 5. The molecule has 0 spiro atoms. The van der Waals surface area contributed by atoms with E-state index >= 15 is 0 Å². The number of hydrogen-bond donors (Lipinski definition) is 1. The van der Waals surface area contributed by atoms with Crippen LogP contribution in [0.3, 0.4) is 0 Å². The van der Waals surface area contributed by atoms with Gasteiger partial charge in [-0.1, -0.05) is 11.8 Å². The summed E-state index contributed by atoms with van der Waals surface area (Å²) in [5, 5.41) is 22.4. The van der Waals surface area contributed by atoms with E-state index in [9.17, 15) is 5.11 Å². The molecule has 6 nitrogen and oxygen atoms in total. The average molecular weight is 341 g/mol. The Balaban J connectivity index is 1.69. The van der Waals surface area contributed by atoms with E-state index in [1.165, 1.54) is 11.3 Å². The van der Waals surface area contributed by atoms with Gasteiger partial charge in [0.05, 0.1) is 16.6 Å². The standard InChI is InChI=1S/C15H11N5OS2/c1-2-12(21)13-8-16-15(23-13)22-10-4-5-11-9(7-10)3-6-14-17-18-19-20(11)14/h2-8,21H,1H3/b12-2+. The third kappa shape index (κ3) is 2.55. The summed E-state index contributed by atoms with van der Waals surface area (Å²) in [6.07, 6.45) is 3.35. The average Bonchev–Trinajstić information content (AvgIpc) is 3.23. The minimum atomic E-state index is 0.258. The molecule has 0 fully saturated rings. The third-order valence-electron chi connectivity index (χ3n) is 3.35. The van der Waals surface area contributed by atoms with Gasteiger partial charge >= 0.3 is 0 Å². The molecule has 114 valence electrons. The number of aliphatic hydroxyl groups excluding tert-OH is 1. The molecule has 0 amide bonds. The lowest BCUT2D eigenvalue weighted by molar-refractivity contribution is 0.513. The first kappa shape index (κ1) is 14.2. The molecular weight excluding hydrogens is 330 g/mol. The van der Waals surface area contributed by atoms with Crippen molar-refractivity contribution < 1.29 is 5.11 Å². The number of nitrogens with zero attached hydrogens (tertiary/aromatic N) is 5. The molecule has 0 unspecified atom stereocenters. The summed E-state index contributed by atoms with van der Waals surface area (Å²) in [6.45, 7) is 1.80. The van der Waals surface area contributed by atoms with E-state index in [4.69, 9.17) is 0 Å². The Kier molecular flexibility index (Phi) is 3.47. The Morgan fingerprint density at radius 3 is 3.09 bits per heavy atom. The van der Waals surface area contributed by atoms with Gasteiger partial charge in [-0.15, -0.1) is 16.4 Å². The predicted molar refractivity (Wildman–Crippen MR) is 90.8 cm³/mol. The maximum atomic E-state index is 9.73. The summed E-state index contributed by atoms with van der Waals surface area (Å²) in [7, 11) is 0. The lowest BCUT2D eigenvalue weighted by Crippen LogP contribution is -1.90. The molecule has 0 aliphatic rings. The molecule has 0 saturated carbocycles. The van der Waals surface area contributed by atoms with Crippen molar-refractivity contribution in [3.05, 3.63) is 47.5 Å². The van der Waals surface area contributed by atoms with Crippen LogP contribution >= 0.6 is 23.1 Å². The van der Waals surface area contributed by atoms with Gasteiger partial charge in [0.15, 0.2) is 9.99 Å². The molecule has 0 atom stereocenters. The van der Waals surface area contributed by atoms with Crippen LogP contribution in [-0.4, -0.2) is 30.1 Å². The molecule has 0 bridgehead atoms. The summed E-state index contributed by atoms with van der Waals surface area (Å²) in [5.74, 6) is 0.258. The second-order valence-electron chi connectivity index (χ2n) is 4.77. The number of hydrogen-bond acceptors (Lipinski definition) is 7. The number of aliphatic hydroxyl groups is 1. The summed E-state index contributed by atoms with van der Waals surface area (Å²) in [6, 6.07) is 9.99. The number of tetrazole rings is 1. The number of thiazole rings is 1. The molecule has 4 rings (SSSR count). The van der Waals surface area contributed by atoms with Crippen molar-refractivity contribution in [3.8, 4) is 0 Å². The first-order valence-electron chi connectivity index (χ1n) is 6.85. The molecule has 3 aromatic heterocycles. The van der Waals surface area contributed by atoms with Crippen LogP contribution in [-0.2, 0) is 0 Å². The topological polar surface area (TPSA) is 76.2 Å². The van der Waals surface area contributed by atoms with Gasteiger partial charge in [-0.25, -0.2) is 4.98 Å². The highest BCUT2D eigenvalue weighted by atomic mass is 32.2. The Labute approximate surface area is 139 Å². The quantitative estimate of drug-likeness (QED) is 0.571. The van der Waals surface area contributed by atoms with E-state index < -0.39 is 0 Å². The Morgan fingerprint density at radius 2 is 2.22 bits per heavy atom. The van der Waals surface area contributed by atoms with Crippen molar-refractivity contribution >= 4 is 45.4 Å². The second kappa shape index (κ2) is 5.64. The summed E-state index contributed by atoms with van der Waals surface area (Å²) >= 11 is 3.03. The largest absolute Gasteiger partial charge is 0.507 e. The minimum absolute atomic E-state index is 0.258. The highest BCUT2D eigenvalue weighted by Gasteiger charge is 2.08. The molecule has 23 heavy (non-hydrogen) atoms. The van der Waals surface area contributed by atoms with Crippen LogP contribution in [0.15, 0.2) is 51.8 Å². The monoisotopic (exact) mass is 341 g/mol. The van der Waals surface area contributed by atoms with Crippen molar-refractivity contribution in [2.45, 2.75) is 16.2 Å². The number of rotatable bonds is 3. The van der Waals surface area contributed by atoms with Crippen molar-refractivity contribution in [3.63, 3.8) is 0 Å². The SMILES string of the molecule is C/C=C(/O)c1cnc(Sc2ccc3c(ccc4nnnn43)c2)s1. The molecular formula is C15H11N5OS2. The highest BCUT2D eigenvalue weighted by molar-refractivity contribution is 8.01. The predicted octanol–water partition coefficient (Wildman–Crippen LogP) is 3.80. The number of pyridine rings is 1. The lowest BCUT2D eigenvalue weighted by atomic mass is 10.2. The van der Waals surface area contributed by atoms with E-state index in [0.29, 0.717) is 0 Å². The fourth-order valence-corrected chi connectivity index (χ4v) is 4.20. The van der Waals surface area contributed by atoms with Crippen molar-refractivity contribution in [2.24, 2.45) is 0 Å². The van der Waals surface area contributed by atoms with Gasteiger partial charge in [0, 0.05) is 10.3 Å².